The van der Waals surface area contributed by atoms with Gasteiger partial charge in [0.15, 0.2) is 0 Å². The molecule has 0 radical (unpaired) electrons. The van der Waals surface area contributed by atoms with E-state index in [-0.39, 0.29) is 11.3 Å². The second-order valence-corrected chi connectivity index (χ2v) is 6.47. The van der Waals surface area contributed by atoms with Crippen molar-refractivity contribution in [3.8, 4) is 0 Å². The predicted molar refractivity (Wildman–Crippen MR) is 80.1 cm³/mol. The van der Waals surface area contributed by atoms with Gasteiger partial charge in [-0.3, -0.25) is 4.79 Å². The molecular weight excluding hydrogens is 266 g/mol. The number of aliphatic hydroxyl groups is 1. The number of nitrogens with one attached hydrogen (secondary N) is 1. The van der Waals surface area contributed by atoms with E-state index >= 15 is 0 Å². The molecule has 1 heterocycles. The Kier molecular flexibility index (Phi) is 3.76. The van der Waals surface area contributed by atoms with Crippen LogP contribution >= 0.6 is 0 Å². The standard InChI is InChI=1S/C17H23NO3/c1-13-3-2-4-14(11-13)17(5-6-17)15(19)18-12-16(20)7-9-21-10-8-16/h2-4,11,20H,5-10,12H2,1H3,(H,18,19). The number of benzene rings is 1. The number of amides is 1. The zero-order valence-electron chi connectivity index (χ0n) is 12.5. The van der Waals surface area contributed by atoms with Crippen molar-refractivity contribution in [2.75, 3.05) is 19.8 Å². The Morgan fingerprint density at radius 2 is 2.00 bits per heavy atom. The molecule has 1 saturated heterocycles. The van der Waals surface area contributed by atoms with Crippen molar-refractivity contribution in [1.29, 1.82) is 0 Å². The van der Waals surface area contributed by atoms with E-state index in [4.69, 9.17) is 4.74 Å². The van der Waals surface area contributed by atoms with E-state index in [2.05, 4.69) is 11.4 Å². The summed E-state index contributed by atoms with van der Waals surface area (Å²) in [5.41, 5.74) is 1.10. The molecule has 21 heavy (non-hydrogen) atoms. The molecule has 1 aromatic carbocycles. The normalized spacial score (nSPS) is 22.6. The van der Waals surface area contributed by atoms with Crippen LogP contribution in [0.25, 0.3) is 0 Å². The third-order valence-corrected chi connectivity index (χ3v) is 4.76. The van der Waals surface area contributed by atoms with E-state index in [9.17, 15) is 9.90 Å². The van der Waals surface area contributed by atoms with Gasteiger partial charge < -0.3 is 15.2 Å². The van der Waals surface area contributed by atoms with E-state index < -0.39 is 5.60 Å². The molecular formula is C17H23NO3. The molecule has 0 atom stereocenters. The summed E-state index contributed by atoms with van der Waals surface area (Å²) < 4.78 is 5.26. The second-order valence-electron chi connectivity index (χ2n) is 6.47. The van der Waals surface area contributed by atoms with Gasteiger partial charge in [0.1, 0.15) is 0 Å². The van der Waals surface area contributed by atoms with Crippen LogP contribution in [0, 0.1) is 6.92 Å². The molecule has 2 fully saturated rings. The maximum atomic E-state index is 12.6. The Labute approximate surface area is 125 Å². The number of hydrogen-bond acceptors (Lipinski definition) is 3. The maximum Gasteiger partial charge on any atom is 0.230 e. The fraction of sp³-hybridized carbons (Fsp3) is 0.588. The van der Waals surface area contributed by atoms with Crippen molar-refractivity contribution >= 4 is 5.91 Å². The van der Waals surface area contributed by atoms with Gasteiger partial charge in [-0.2, -0.15) is 0 Å². The lowest BCUT2D eigenvalue weighted by Gasteiger charge is -2.32. The van der Waals surface area contributed by atoms with Gasteiger partial charge in [0, 0.05) is 32.6 Å². The average Bonchev–Trinajstić information content (AvgIpc) is 3.27. The van der Waals surface area contributed by atoms with Crippen LogP contribution in [0.15, 0.2) is 24.3 Å². The number of hydrogen-bond donors (Lipinski definition) is 2. The molecule has 4 nitrogen and oxygen atoms in total. The zero-order valence-corrected chi connectivity index (χ0v) is 12.5. The van der Waals surface area contributed by atoms with Crippen LogP contribution in [0.3, 0.4) is 0 Å². The third kappa shape index (κ3) is 2.97. The Morgan fingerprint density at radius 3 is 2.62 bits per heavy atom. The molecule has 0 spiro atoms. The molecule has 1 amide bonds. The number of rotatable bonds is 4. The Hall–Kier alpha value is -1.39. The van der Waals surface area contributed by atoms with Crippen LogP contribution in [-0.4, -0.2) is 36.4 Å². The first-order chi connectivity index (χ1) is 10.0. The summed E-state index contributed by atoms with van der Waals surface area (Å²) >= 11 is 0. The number of carbonyl (C=O) groups is 1. The van der Waals surface area contributed by atoms with Crippen molar-refractivity contribution in [1.82, 2.24) is 5.32 Å². The van der Waals surface area contributed by atoms with Gasteiger partial charge in [0.25, 0.3) is 0 Å². The number of ether oxygens (including phenoxy) is 1. The lowest BCUT2D eigenvalue weighted by atomic mass is 9.91. The van der Waals surface area contributed by atoms with Gasteiger partial charge in [-0.25, -0.2) is 0 Å². The highest BCUT2D eigenvalue weighted by atomic mass is 16.5. The summed E-state index contributed by atoms with van der Waals surface area (Å²) in [4.78, 5) is 12.6. The Bertz CT molecular complexity index is 531. The van der Waals surface area contributed by atoms with Crippen molar-refractivity contribution in [3.63, 3.8) is 0 Å². The predicted octanol–water partition coefficient (Wildman–Crippen LogP) is 1.68. The van der Waals surface area contributed by atoms with Crippen molar-refractivity contribution < 1.29 is 14.6 Å². The summed E-state index contributed by atoms with van der Waals surface area (Å²) in [5.74, 6) is 0.0491. The first-order valence-electron chi connectivity index (χ1n) is 7.70. The highest BCUT2D eigenvalue weighted by Gasteiger charge is 2.51. The highest BCUT2D eigenvalue weighted by molar-refractivity contribution is 5.91. The number of carbonyl (C=O) groups excluding carboxylic acids is 1. The lowest BCUT2D eigenvalue weighted by molar-refractivity contribution is -0.126. The monoisotopic (exact) mass is 289 g/mol. The molecule has 1 aliphatic heterocycles. The Balaban J connectivity index is 1.65. The van der Waals surface area contributed by atoms with Crippen molar-refractivity contribution in [2.24, 2.45) is 0 Å². The maximum absolute atomic E-state index is 12.6. The summed E-state index contributed by atoms with van der Waals surface area (Å²) in [6, 6.07) is 8.17. The van der Waals surface area contributed by atoms with Crippen LogP contribution in [0.5, 0.6) is 0 Å². The molecule has 3 rings (SSSR count). The van der Waals surface area contributed by atoms with Gasteiger partial charge >= 0.3 is 0 Å². The molecule has 0 unspecified atom stereocenters. The Morgan fingerprint density at radius 1 is 1.29 bits per heavy atom. The highest BCUT2D eigenvalue weighted by Crippen LogP contribution is 2.48. The molecule has 1 saturated carbocycles. The lowest BCUT2D eigenvalue weighted by Crippen LogP contribution is -2.48. The van der Waals surface area contributed by atoms with Crippen LogP contribution in [0.1, 0.15) is 36.8 Å². The first kappa shape index (κ1) is 14.5. The van der Waals surface area contributed by atoms with Crippen LogP contribution in [-0.2, 0) is 14.9 Å². The summed E-state index contributed by atoms with van der Waals surface area (Å²) in [5, 5.41) is 13.4. The summed E-state index contributed by atoms with van der Waals surface area (Å²) in [7, 11) is 0. The fourth-order valence-corrected chi connectivity index (χ4v) is 3.06. The van der Waals surface area contributed by atoms with Crippen molar-refractivity contribution in [3.05, 3.63) is 35.4 Å². The summed E-state index contributed by atoms with van der Waals surface area (Å²) in [6.07, 6.45) is 2.96. The molecule has 114 valence electrons. The van der Waals surface area contributed by atoms with Gasteiger partial charge in [0.05, 0.1) is 11.0 Å². The van der Waals surface area contributed by atoms with E-state index in [0.29, 0.717) is 32.6 Å². The molecule has 2 N–H and O–H groups in total. The molecule has 0 aromatic heterocycles. The average molecular weight is 289 g/mol. The summed E-state index contributed by atoms with van der Waals surface area (Å²) in [6.45, 7) is 3.50. The van der Waals surface area contributed by atoms with Crippen molar-refractivity contribution in [2.45, 2.75) is 43.6 Å². The fourth-order valence-electron chi connectivity index (χ4n) is 3.06. The van der Waals surface area contributed by atoms with Gasteiger partial charge in [-0.05, 0) is 25.3 Å². The van der Waals surface area contributed by atoms with E-state index in [1.54, 1.807) is 0 Å². The van der Waals surface area contributed by atoms with E-state index in [1.165, 1.54) is 5.56 Å². The molecule has 4 heteroatoms. The van der Waals surface area contributed by atoms with Crippen LogP contribution in [0.2, 0.25) is 0 Å². The minimum absolute atomic E-state index is 0.0491. The number of aryl methyl sites for hydroxylation is 1. The van der Waals surface area contributed by atoms with Gasteiger partial charge in [0.2, 0.25) is 5.91 Å². The zero-order chi connectivity index (χ0) is 14.9. The van der Waals surface area contributed by atoms with Crippen LogP contribution in [0.4, 0.5) is 0 Å². The minimum atomic E-state index is -0.809. The SMILES string of the molecule is Cc1cccc(C2(C(=O)NCC3(O)CCOCC3)CC2)c1. The van der Waals surface area contributed by atoms with Crippen LogP contribution < -0.4 is 5.32 Å². The van der Waals surface area contributed by atoms with Gasteiger partial charge in [-0.15, -0.1) is 0 Å². The molecule has 1 aromatic rings. The minimum Gasteiger partial charge on any atom is -0.388 e. The largest absolute Gasteiger partial charge is 0.388 e. The molecule has 1 aliphatic carbocycles. The molecule has 0 bridgehead atoms. The second kappa shape index (κ2) is 5.43. The smallest absolute Gasteiger partial charge is 0.230 e. The van der Waals surface area contributed by atoms with E-state index in [0.717, 1.165) is 18.4 Å². The third-order valence-electron chi connectivity index (χ3n) is 4.76. The first-order valence-corrected chi connectivity index (χ1v) is 7.70. The molecule has 2 aliphatic rings. The van der Waals surface area contributed by atoms with Gasteiger partial charge in [-0.1, -0.05) is 29.8 Å². The van der Waals surface area contributed by atoms with E-state index in [1.807, 2.05) is 25.1 Å². The quantitative estimate of drug-likeness (QED) is 0.886. The topological polar surface area (TPSA) is 58.6 Å².